The molecule has 0 heterocycles. The van der Waals surface area contributed by atoms with Gasteiger partial charge in [-0.15, -0.1) is 0 Å². The van der Waals surface area contributed by atoms with Crippen LogP contribution in [-0.2, 0) is 0 Å². The fraction of sp³-hybridized carbons (Fsp3) is 1.00. The monoisotopic (exact) mass is 586 g/mol. The van der Waals surface area contributed by atoms with Gasteiger partial charge in [0.2, 0.25) is 0 Å². The van der Waals surface area contributed by atoms with Gasteiger partial charge in [-0.25, -0.2) is 0 Å². The van der Waals surface area contributed by atoms with Crippen LogP contribution in [0.15, 0.2) is 0 Å². The molecule has 0 rings (SSSR count). The number of hydrogen-bond acceptors (Lipinski definition) is 0. The van der Waals surface area contributed by atoms with Crippen molar-refractivity contribution in [2.75, 3.05) is 0 Å². The zero-order chi connectivity index (χ0) is 29.7. The molecule has 0 aromatic carbocycles. The van der Waals surface area contributed by atoms with Gasteiger partial charge in [-0.3, -0.25) is 0 Å². The summed E-state index contributed by atoms with van der Waals surface area (Å²) in [6, 6.07) is 0. The van der Waals surface area contributed by atoms with Crippen molar-refractivity contribution >= 4 is 0 Å². The van der Waals surface area contributed by atoms with E-state index < -0.39 is 48.6 Å². The van der Waals surface area contributed by atoms with E-state index in [0.29, 0.717) is 12.8 Å². The van der Waals surface area contributed by atoms with Crippen molar-refractivity contribution in [3.05, 3.63) is 0 Å². The second kappa shape index (κ2) is 15.8. The average molecular weight is 587 g/mol. The van der Waals surface area contributed by atoms with Crippen LogP contribution in [0.1, 0.15) is 122 Å². The standard InChI is InChI=1S/C25H39F13/c1-2-3-4-5-6-7-8-9-10-11-12-13-14-15-16-17-18-19-20(26,27)21(28,29)22(30,31)23(32,33)24(34,35)25(36,37)38/h2-19H2,1H3. The highest BCUT2D eigenvalue weighted by Crippen LogP contribution is 2.60. The highest BCUT2D eigenvalue weighted by Gasteiger charge is 2.90. The summed E-state index contributed by atoms with van der Waals surface area (Å²) >= 11 is 0. The van der Waals surface area contributed by atoms with Gasteiger partial charge in [0.15, 0.2) is 0 Å². The summed E-state index contributed by atoms with van der Waals surface area (Å²) < 4.78 is 170. The smallest absolute Gasteiger partial charge is 0.200 e. The first-order valence-electron chi connectivity index (χ1n) is 13.3. The second-order valence-electron chi connectivity index (χ2n) is 9.91. The molecule has 0 unspecified atom stereocenters. The SMILES string of the molecule is CCCCCCCCCCCCCCCCCCCC(F)(F)C(F)(F)C(F)(F)C(F)(F)C(F)(F)C(F)(F)F. The fourth-order valence-corrected chi connectivity index (χ4v) is 4.03. The van der Waals surface area contributed by atoms with E-state index in [9.17, 15) is 57.1 Å². The molecule has 0 nitrogen and oxygen atoms in total. The van der Waals surface area contributed by atoms with Crippen molar-refractivity contribution < 1.29 is 57.1 Å². The third kappa shape index (κ3) is 9.93. The van der Waals surface area contributed by atoms with Gasteiger partial charge >= 0.3 is 35.8 Å². The Labute approximate surface area is 216 Å². The van der Waals surface area contributed by atoms with Crippen LogP contribution in [0.2, 0.25) is 0 Å². The van der Waals surface area contributed by atoms with Crippen LogP contribution in [0.5, 0.6) is 0 Å². The maximum absolute atomic E-state index is 13.7. The predicted octanol–water partition coefficient (Wildman–Crippen LogP) is 11.8. The van der Waals surface area contributed by atoms with Crippen molar-refractivity contribution in [3.8, 4) is 0 Å². The molecule has 0 amide bonds. The van der Waals surface area contributed by atoms with Crippen molar-refractivity contribution in [2.45, 2.75) is 158 Å². The minimum absolute atomic E-state index is 0.162. The minimum Gasteiger partial charge on any atom is -0.200 e. The number of alkyl halides is 13. The zero-order valence-corrected chi connectivity index (χ0v) is 21.6. The second-order valence-corrected chi connectivity index (χ2v) is 9.91. The lowest BCUT2D eigenvalue weighted by Gasteiger charge is -2.39. The maximum Gasteiger partial charge on any atom is 0.460 e. The highest BCUT2D eigenvalue weighted by molar-refractivity contribution is 5.10. The molecular weight excluding hydrogens is 547 g/mol. The Balaban J connectivity index is 4.30. The Morgan fingerprint density at radius 2 is 0.579 bits per heavy atom. The van der Waals surface area contributed by atoms with Gasteiger partial charge in [0.25, 0.3) is 0 Å². The van der Waals surface area contributed by atoms with Crippen LogP contribution >= 0.6 is 0 Å². The largest absolute Gasteiger partial charge is 0.460 e. The molecule has 0 saturated heterocycles. The first-order valence-corrected chi connectivity index (χ1v) is 13.3. The van der Waals surface area contributed by atoms with Crippen LogP contribution in [0.3, 0.4) is 0 Å². The van der Waals surface area contributed by atoms with E-state index in [2.05, 4.69) is 6.92 Å². The fourth-order valence-electron chi connectivity index (χ4n) is 4.03. The molecule has 0 radical (unpaired) electrons. The molecule has 0 bridgehead atoms. The highest BCUT2D eigenvalue weighted by atomic mass is 19.4. The lowest BCUT2D eigenvalue weighted by Crippen LogP contribution is -2.70. The van der Waals surface area contributed by atoms with Crippen molar-refractivity contribution in [1.82, 2.24) is 0 Å². The van der Waals surface area contributed by atoms with Crippen LogP contribution in [0, 0.1) is 0 Å². The molecule has 0 aliphatic heterocycles. The van der Waals surface area contributed by atoms with Gasteiger partial charge < -0.3 is 0 Å². The Morgan fingerprint density at radius 1 is 0.316 bits per heavy atom. The molecular formula is C25H39F13. The van der Waals surface area contributed by atoms with E-state index >= 15 is 0 Å². The van der Waals surface area contributed by atoms with E-state index in [0.717, 1.165) is 32.1 Å². The minimum atomic E-state index is -7.82. The first-order chi connectivity index (χ1) is 17.3. The summed E-state index contributed by atoms with van der Waals surface area (Å²) in [4.78, 5) is 0. The molecule has 0 fully saturated rings. The molecule has 0 aliphatic carbocycles. The van der Waals surface area contributed by atoms with Gasteiger partial charge in [0.1, 0.15) is 0 Å². The van der Waals surface area contributed by atoms with Crippen LogP contribution in [-0.4, -0.2) is 35.8 Å². The molecule has 0 aromatic heterocycles. The van der Waals surface area contributed by atoms with E-state index in [4.69, 9.17) is 0 Å². The van der Waals surface area contributed by atoms with Crippen LogP contribution in [0.4, 0.5) is 57.1 Å². The third-order valence-electron chi connectivity index (χ3n) is 6.59. The molecule has 0 aliphatic rings. The van der Waals surface area contributed by atoms with Crippen LogP contribution < -0.4 is 0 Å². The quantitative estimate of drug-likeness (QED) is 0.0875. The summed E-state index contributed by atoms with van der Waals surface area (Å²) in [6.45, 7) is 2.16. The summed E-state index contributed by atoms with van der Waals surface area (Å²) in [7, 11) is 0. The van der Waals surface area contributed by atoms with Gasteiger partial charge in [-0.1, -0.05) is 110 Å². The first kappa shape index (κ1) is 37.1. The Morgan fingerprint density at radius 3 is 0.868 bits per heavy atom. The Hall–Kier alpha value is -0.910. The molecule has 38 heavy (non-hydrogen) atoms. The van der Waals surface area contributed by atoms with E-state index in [1.54, 1.807) is 0 Å². The van der Waals surface area contributed by atoms with Crippen molar-refractivity contribution in [1.29, 1.82) is 0 Å². The topological polar surface area (TPSA) is 0 Å². The van der Waals surface area contributed by atoms with Gasteiger partial charge in [0.05, 0.1) is 0 Å². The Bertz CT molecular complexity index is 627. The molecule has 0 N–H and O–H groups in total. The normalized spacial score (nSPS) is 14.4. The van der Waals surface area contributed by atoms with E-state index in [-0.39, 0.29) is 12.8 Å². The molecule has 0 atom stereocenters. The molecule has 0 aromatic rings. The average Bonchev–Trinajstić information content (AvgIpc) is 2.79. The molecule has 230 valence electrons. The summed E-state index contributed by atoms with van der Waals surface area (Å²) in [6.07, 6.45) is 4.74. The number of unbranched alkanes of at least 4 members (excludes halogenated alkanes) is 16. The summed E-state index contributed by atoms with van der Waals surface area (Å²) in [5.74, 6) is -36.3. The van der Waals surface area contributed by atoms with Gasteiger partial charge in [-0.2, -0.15) is 57.1 Å². The Kier molecular flexibility index (Phi) is 15.4. The molecule has 0 saturated carbocycles. The van der Waals surface area contributed by atoms with Crippen molar-refractivity contribution in [3.63, 3.8) is 0 Å². The maximum atomic E-state index is 13.7. The lowest BCUT2D eigenvalue weighted by molar-refractivity contribution is -0.440. The third-order valence-corrected chi connectivity index (χ3v) is 6.59. The van der Waals surface area contributed by atoms with Crippen LogP contribution in [0.25, 0.3) is 0 Å². The molecule has 13 heteroatoms. The summed E-state index contributed by atoms with van der Waals surface area (Å²) in [5.41, 5.74) is 0. The predicted molar refractivity (Wildman–Crippen MR) is 120 cm³/mol. The van der Waals surface area contributed by atoms with Crippen molar-refractivity contribution in [2.24, 2.45) is 0 Å². The number of halogens is 13. The summed E-state index contributed by atoms with van der Waals surface area (Å²) in [5, 5.41) is 0. The lowest BCUT2D eigenvalue weighted by atomic mass is 9.91. The number of hydrogen-bond donors (Lipinski definition) is 0. The van der Waals surface area contributed by atoms with Gasteiger partial charge in [0, 0.05) is 6.42 Å². The van der Waals surface area contributed by atoms with Gasteiger partial charge in [-0.05, 0) is 6.42 Å². The zero-order valence-electron chi connectivity index (χ0n) is 21.6. The molecule has 0 spiro atoms. The number of rotatable bonds is 22. The van der Waals surface area contributed by atoms with E-state index in [1.807, 2.05) is 0 Å². The van der Waals surface area contributed by atoms with E-state index in [1.165, 1.54) is 44.9 Å².